The lowest BCUT2D eigenvalue weighted by Gasteiger charge is -2.25. The van der Waals surface area contributed by atoms with Gasteiger partial charge in [-0.25, -0.2) is 14.7 Å². The van der Waals surface area contributed by atoms with Crippen molar-refractivity contribution in [2.45, 2.75) is 33.1 Å². The summed E-state index contributed by atoms with van der Waals surface area (Å²) in [5.74, 6) is -0.650. The maximum Gasteiger partial charge on any atom is 0.304 e. The number of aryl methyl sites for hydroxylation is 2. The van der Waals surface area contributed by atoms with Gasteiger partial charge in [-0.3, -0.25) is 4.79 Å². The third-order valence-corrected chi connectivity index (χ3v) is 5.70. The average molecular weight is 348 g/mol. The zero-order valence-electron chi connectivity index (χ0n) is 13.7. The zero-order chi connectivity index (χ0) is 17.3. The summed E-state index contributed by atoms with van der Waals surface area (Å²) < 4.78 is 28.1. The molecule has 1 N–H and O–H groups in total. The summed E-state index contributed by atoms with van der Waals surface area (Å²) in [7, 11) is -3.80. The molecule has 0 atom stereocenters. The molecule has 1 aliphatic rings. The van der Waals surface area contributed by atoms with Crippen molar-refractivity contribution >= 4 is 27.1 Å². The van der Waals surface area contributed by atoms with Crippen molar-refractivity contribution in [3.8, 4) is 0 Å². The number of benzene rings is 1. The Morgan fingerprint density at radius 1 is 1.04 bits per heavy atom. The first-order valence-electron chi connectivity index (χ1n) is 7.94. The molecule has 3 rings (SSSR count). The van der Waals surface area contributed by atoms with E-state index >= 15 is 0 Å². The van der Waals surface area contributed by atoms with E-state index in [-0.39, 0.29) is 5.56 Å². The third-order valence-electron chi connectivity index (χ3n) is 4.21. The number of fused-ring (bicyclic) bond motifs is 1. The van der Waals surface area contributed by atoms with Gasteiger partial charge in [0.25, 0.3) is 5.91 Å². The van der Waals surface area contributed by atoms with E-state index < -0.39 is 16.1 Å². The molecule has 0 saturated carbocycles. The Bertz CT molecular complexity index is 890. The quantitative estimate of drug-likeness (QED) is 0.911. The summed E-state index contributed by atoms with van der Waals surface area (Å²) in [5.41, 5.74) is 3.10. The van der Waals surface area contributed by atoms with Gasteiger partial charge in [-0.05, 0) is 44.9 Å². The van der Waals surface area contributed by atoms with Crippen molar-refractivity contribution in [3.63, 3.8) is 0 Å². The van der Waals surface area contributed by atoms with Crippen LogP contribution in [0.2, 0.25) is 0 Å². The van der Waals surface area contributed by atoms with Crippen LogP contribution in [0.15, 0.2) is 18.2 Å². The molecular formula is C16H20N4O3S. The molecule has 1 aliphatic heterocycles. The Kier molecular flexibility index (Phi) is 4.51. The molecular weight excluding hydrogens is 328 g/mol. The molecule has 1 saturated heterocycles. The molecule has 0 unspecified atom stereocenters. The monoisotopic (exact) mass is 348 g/mol. The number of amides is 1. The van der Waals surface area contributed by atoms with E-state index in [0.29, 0.717) is 24.1 Å². The highest BCUT2D eigenvalue weighted by Crippen LogP contribution is 2.16. The normalized spacial score (nSPS) is 16.2. The zero-order valence-corrected chi connectivity index (χ0v) is 14.6. The molecule has 24 heavy (non-hydrogen) atoms. The molecule has 0 radical (unpaired) electrons. The van der Waals surface area contributed by atoms with E-state index in [1.54, 1.807) is 18.2 Å². The van der Waals surface area contributed by atoms with Crippen LogP contribution in [0.4, 0.5) is 0 Å². The number of nitrogens with zero attached hydrogens (tertiary/aromatic N) is 3. The lowest BCUT2D eigenvalue weighted by atomic mass is 10.2. The fourth-order valence-electron chi connectivity index (χ4n) is 2.72. The molecule has 1 aromatic carbocycles. The number of carbonyl (C=O) groups is 1. The standard InChI is InChI=1S/C16H20N4O3S/c1-11-12(2)18-15-10-13(6-7-14(15)17-11)16(21)19-24(22,23)20-8-4-3-5-9-20/h6-7,10H,3-5,8-9H2,1-2H3,(H,19,21). The maximum absolute atomic E-state index is 12.3. The Hall–Kier alpha value is -2.06. The Morgan fingerprint density at radius 3 is 2.33 bits per heavy atom. The highest BCUT2D eigenvalue weighted by molar-refractivity contribution is 7.87. The third kappa shape index (κ3) is 3.39. The predicted molar refractivity (Wildman–Crippen MR) is 90.8 cm³/mol. The average Bonchev–Trinajstić information content (AvgIpc) is 2.56. The molecule has 128 valence electrons. The summed E-state index contributed by atoms with van der Waals surface area (Å²) in [6, 6.07) is 4.81. The molecule has 2 heterocycles. The first-order valence-corrected chi connectivity index (χ1v) is 9.38. The molecule has 1 aromatic heterocycles. The van der Waals surface area contributed by atoms with Crippen molar-refractivity contribution < 1.29 is 13.2 Å². The molecule has 1 amide bonds. The lowest BCUT2D eigenvalue weighted by molar-refractivity contribution is 0.0978. The SMILES string of the molecule is Cc1nc2ccc(C(=O)NS(=O)(=O)N3CCCCC3)cc2nc1C. The van der Waals surface area contributed by atoms with Crippen LogP contribution in [0.3, 0.4) is 0 Å². The van der Waals surface area contributed by atoms with E-state index in [1.807, 2.05) is 13.8 Å². The Balaban J connectivity index is 1.84. The van der Waals surface area contributed by atoms with Gasteiger partial charge in [-0.15, -0.1) is 0 Å². The van der Waals surface area contributed by atoms with Gasteiger partial charge in [0.2, 0.25) is 0 Å². The summed E-state index contributed by atoms with van der Waals surface area (Å²) in [6.07, 6.45) is 2.65. The lowest BCUT2D eigenvalue weighted by Crippen LogP contribution is -2.45. The van der Waals surface area contributed by atoms with Crippen molar-refractivity contribution in [2.75, 3.05) is 13.1 Å². The Labute approximate surface area is 141 Å². The van der Waals surface area contributed by atoms with Gasteiger partial charge in [-0.2, -0.15) is 12.7 Å². The maximum atomic E-state index is 12.3. The fourth-order valence-corrected chi connectivity index (χ4v) is 3.94. The number of rotatable bonds is 3. The summed E-state index contributed by atoms with van der Waals surface area (Å²) in [4.78, 5) is 21.1. The number of piperidine rings is 1. The molecule has 2 aromatic rings. The minimum absolute atomic E-state index is 0.251. The van der Waals surface area contributed by atoms with Crippen LogP contribution in [-0.4, -0.2) is 41.7 Å². The van der Waals surface area contributed by atoms with Crippen molar-refractivity contribution in [2.24, 2.45) is 0 Å². The van der Waals surface area contributed by atoms with E-state index in [1.165, 1.54) is 4.31 Å². The van der Waals surface area contributed by atoms with Gasteiger partial charge in [0.05, 0.1) is 22.4 Å². The van der Waals surface area contributed by atoms with Crippen LogP contribution in [-0.2, 0) is 10.2 Å². The van der Waals surface area contributed by atoms with Gasteiger partial charge in [-0.1, -0.05) is 6.42 Å². The summed E-state index contributed by atoms with van der Waals surface area (Å²) in [5, 5.41) is 0. The second kappa shape index (κ2) is 6.45. The molecule has 0 spiro atoms. The van der Waals surface area contributed by atoms with Crippen molar-refractivity contribution in [1.82, 2.24) is 19.0 Å². The largest absolute Gasteiger partial charge is 0.304 e. The van der Waals surface area contributed by atoms with E-state index in [4.69, 9.17) is 0 Å². The van der Waals surface area contributed by atoms with Gasteiger partial charge in [0.1, 0.15) is 0 Å². The topological polar surface area (TPSA) is 92.3 Å². The predicted octanol–water partition coefficient (Wildman–Crippen LogP) is 1.71. The van der Waals surface area contributed by atoms with Gasteiger partial charge >= 0.3 is 10.2 Å². The number of nitrogens with one attached hydrogen (secondary N) is 1. The first kappa shape index (κ1) is 16.8. The summed E-state index contributed by atoms with van der Waals surface area (Å²) >= 11 is 0. The van der Waals surface area contributed by atoms with Crippen LogP contribution in [0.5, 0.6) is 0 Å². The number of aromatic nitrogens is 2. The molecule has 1 fully saturated rings. The Morgan fingerprint density at radius 2 is 1.67 bits per heavy atom. The highest BCUT2D eigenvalue weighted by atomic mass is 32.2. The van der Waals surface area contributed by atoms with Crippen LogP contribution >= 0.6 is 0 Å². The minimum atomic E-state index is -3.80. The van der Waals surface area contributed by atoms with Gasteiger partial charge in [0, 0.05) is 18.7 Å². The van der Waals surface area contributed by atoms with Gasteiger partial charge in [0.15, 0.2) is 0 Å². The number of carbonyl (C=O) groups excluding carboxylic acids is 1. The van der Waals surface area contributed by atoms with Crippen LogP contribution in [0.25, 0.3) is 11.0 Å². The number of hydrogen-bond acceptors (Lipinski definition) is 5. The van der Waals surface area contributed by atoms with E-state index in [2.05, 4.69) is 14.7 Å². The van der Waals surface area contributed by atoms with E-state index in [0.717, 1.165) is 30.7 Å². The number of hydrogen-bond donors (Lipinski definition) is 1. The smallest absolute Gasteiger partial charge is 0.268 e. The van der Waals surface area contributed by atoms with Crippen LogP contribution in [0.1, 0.15) is 41.0 Å². The fraction of sp³-hybridized carbons (Fsp3) is 0.438. The van der Waals surface area contributed by atoms with Crippen LogP contribution < -0.4 is 4.72 Å². The summed E-state index contributed by atoms with van der Waals surface area (Å²) in [6.45, 7) is 4.61. The van der Waals surface area contributed by atoms with Crippen LogP contribution in [0, 0.1) is 13.8 Å². The van der Waals surface area contributed by atoms with Crippen molar-refractivity contribution in [1.29, 1.82) is 0 Å². The second-order valence-corrected chi connectivity index (χ2v) is 7.66. The molecule has 0 bridgehead atoms. The highest BCUT2D eigenvalue weighted by Gasteiger charge is 2.26. The first-order chi connectivity index (χ1) is 11.4. The molecule has 8 heteroatoms. The minimum Gasteiger partial charge on any atom is -0.268 e. The molecule has 7 nitrogen and oxygen atoms in total. The van der Waals surface area contributed by atoms with Gasteiger partial charge < -0.3 is 0 Å². The second-order valence-electron chi connectivity index (χ2n) is 5.99. The van der Waals surface area contributed by atoms with E-state index in [9.17, 15) is 13.2 Å². The van der Waals surface area contributed by atoms with Crippen molar-refractivity contribution in [3.05, 3.63) is 35.2 Å². The molecule has 0 aliphatic carbocycles.